The maximum atomic E-state index is 11.9. The standard InChI is InChI=1S/C13H16N2O2S/c1-9-5-3-4-6-11(9)17-10(2)12(16)15-13-14-7-8-18-13/h3-6,10H,7-8H2,1-2H3,(H,14,15,16). The fraction of sp³-hybridized carbons (Fsp3) is 0.385. The number of nitrogens with zero attached hydrogens (tertiary/aromatic N) is 1. The Morgan fingerprint density at radius 2 is 2.28 bits per heavy atom. The van der Waals surface area contributed by atoms with Crippen molar-refractivity contribution in [2.75, 3.05) is 12.3 Å². The number of carbonyl (C=O) groups is 1. The fourth-order valence-electron chi connectivity index (χ4n) is 1.55. The molecule has 1 heterocycles. The van der Waals surface area contributed by atoms with E-state index < -0.39 is 6.10 Å². The summed E-state index contributed by atoms with van der Waals surface area (Å²) < 4.78 is 5.64. The van der Waals surface area contributed by atoms with Crippen LogP contribution in [0.5, 0.6) is 5.75 Å². The van der Waals surface area contributed by atoms with Crippen LogP contribution in [0.1, 0.15) is 12.5 Å². The van der Waals surface area contributed by atoms with Gasteiger partial charge in [-0.2, -0.15) is 0 Å². The summed E-state index contributed by atoms with van der Waals surface area (Å²) in [6, 6.07) is 7.65. The summed E-state index contributed by atoms with van der Waals surface area (Å²) in [6.45, 7) is 4.46. The molecule has 0 aliphatic carbocycles. The minimum absolute atomic E-state index is 0.161. The molecule has 0 aromatic heterocycles. The Bertz CT molecular complexity index is 474. The highest BCUT2D eigenvalue weighted by Crippen LogP contribution is 2.18. The van der Waals surface area contributed by atoms with Gasteiger partial charge in [0.05, 0.1) is 6.54 Å². The first-order chi connectivity index (χ1) is 8.66. The third-order valence-electron chi connectivity index (χ3n) is 2.58. The summed E-state index contributed by atoms with van der Waals surface area (Å²) in [6.07, 6.45) is -0.532. The molecular weight excluding hydrogens is 248 g/mol. The number of hydrogen-bond acceptors (Lipinski definition) is 4. The molecule has 18 heavy (non-hydrogen) atoms. The number of thioether (sulfide) groups is 1. The van der Waals surface area contributed by atoms with Crippen LogP contribution in [0.4, 0.5) is 0 Å². The Kier molecular flexibility index (Phi) is 4.25. The number of hydrogen-bond donors (Lipinski definition) is 1. The first-order valence-electron chi connectivity index (χ1n) is 5.87. The number of amidine groups is 1. The molecule has 1 unspecified atom stereocenters. The molecular formula is C13H16N2O2S. The van der Waals surface area contributed by atoms with E-state index in [0.717, 1.165) is 23.6 Å². The zero-order valence-electron chi connectivity index (χ0n) is 10.5. The van der Waals surface area contributed by atoms with E-state index in [1.807, 2.05) is 31.2 Å². The number of rotatable bonds is 3. The number of aryl methyl sites for hydroxylation is 1. The molecule has 1 aromatic carbocycles. The number of benzene rings is 1. The van der Waals surface area contributed by atoms with Crippen LogP contribution >= 0.6 is 11.8 Å². The third kappa shape index (κ3) is 3.26. The zero-order valence-corrected chi connectivity index (χ0v) is 11.3. The van der Waals surface area contributed by atoms with Crippen LogP contribution < -0.4 is 10.1 Å². The van der Waals surface area contributed by atoms with Gasteiger partial charge >= 0.3 is 0 Å². The van der Waals surface area contributed by atoms with Gasteiger partial charge in [0, 0.05) is 5.75 Å². The zero-order chi connectivity index (χ0) is 13.0. The van der Waals surface area contributed by atoms with Crippen LogP contribution in [0, 0.1) is 6.92 Å². The average molecular weight is 264 g/mol. The minimum atomic E-state index is -0.532. The monoisotopic (exact) mass is 264 g/mol. The van der Waals surface area contributed by atoms with Gasteiger partial charge in [-0.1, -0.05) is 30.0 Å². The molecule has 1 aromatic rings. The molecule has 1 atom stereocenters. The SMILES string of the molecule is Cc1ccccc1OC(C)C(=O)NC1=NCCS1. The van der Waals surface area contributed by atoms with Gasteiger partial charge in [0.15, 0.2) is 11.3 Å². The lowest BCUT2D eigenvalue weighted by atomic mass is 10.2. The molecule has 0 saturated carbocycles. The normalized spacial score (nSPS) is 16.0. The molecule has 0 radical (unpaired) electrons. The van der Waals surface area contributed by atoms with Gasteiger partial charge in [0.2, 0.25) is 0 Å². The molecule has 0 saturated heterocycles. The van der Waals surface area contributed by atoms with E-state index in [0.29, 0.717) is 5.17 Å². The predicted octanol–water partition coefficient (Wildman–Crippen LogP) is 1.98. The van der Waals surface area contributed by atoms with E-state index in [1.54, 1.807) is 18.7 Å². The number of carbonyl (C=O) groups excluding carboxylic acids is 1. The predicted molar refractivity (Wildman–Crippen MR) is 74.2 cm³/mol. The topological polar surface area (TPSA) is 50.7 Å². The van der Waals surface area contributed by atoms with Crippen molar-refractivity contribution in [3.8, 4) is 5.75 Å². The lowest BCUT2D eigenvalue weighted by molar-refractivity contribution is -0.125. The van der Waals surface area contributed by atoms with Crippen molar-refractivity contribution >= 4 is 22.8 Å². The smallest absolute Gasteiger partial charge is 0.266 e. The molecule has 2 rings (SSSR count). The first kappa shape index (κ1) is 13.0. The van der Waals surface area contributed by atoms with E-state index in [4.69, 9.17) is 4.74 Å². The highest BCUT2D eigenvalue weighted by molar-refractivity contribution is 8.14. The second kappa shape index (κ2) is 5.91. The highest BCUT2D eigenvalue weighted by atomic mass is 32.2. The van der Waals surface area contributed by atoms with Crippen LogP contribution in [-0.4, -0.2) is 29.5 Å². The van der Waals surface area contributed by atoms with Crippen LogP contribution in [0.25, 0.3) is 0 Å². The van der Waals surface area contributed by atoms with Gasteiger partial charge in [0.1, 0.15) is 5.75 Å². The van der Waals surface area contributed by atoms with E-state index in [-0.39, 0.29) is 5.91 Å². The van der Waals surface area contributed by atoms with Crippen molar-refractivity contribution in [1.29, 1.82) is 0 Å². The van der Waals surface area contributed by atoms with Gasteiger partial charge in [-0.05, 0) is 25.5 Å². The highest BCUT2D eigenvalue weighted by Gasteiger charge is 2.18. The molecule has 96 valence electrons. The first-order valence-corrected chi connectivity index (χ1v) is 6.86. The molecule has 1 amide bonds. The Hall–Kier alpha value is -1.49. The van der Waals surface area contributed by atoms with E-state index in [2.05, 4.69) is 10.3 Å². The number of amides is 1. The van der Waals surface area contributed by atoms with Crippen molar-refractivity contribution < 1.29 is 9.53 Å². The van der Waals surface area contributed by atoms with Crippen LogP contribution in [-0.2, 0) is 4.79 Å². The minimum Gasteiger partial charge on any atom is -0.481 e. The van der Waals surface area contributed by atoms with E-state index >= 15 is 0 Å². The summed E-state index contributed by atoms with van der Waals surface area (Å²) in [7, 11) is 0. The maximum absolute atomic E-state index is 11.9. The lowest BCUT2D eigenvalue weighted by Crippen LogP contribution is -2.38. The largest absolute Gasteiger partial charge is 0.481 e. The maximum Gasteiger partial charge on any atom is 0.266 e. The third-order valence-corrected chi connectivity index (χ3v) is 3.47. The Morgan fingerprint density at radius 3 is 2.94 bits per heavy atom. The average Bonchev–Trinajstić information content (AvgIpc) is 2.84. The van der Waals surface area contributed by atoms with Crippen molar-refractivity contribution in [3.05, 3.63) is 29.8 Å². The van der Waals surface area contributed by atoms with Crippen LogP contribution in [0.3, 0.4) is 0 Å². The Balaban J connectivity index is 1.93. The molecule has 0 fully saturated rings. The quantitative estimate of drug-likeness (QED) is 0.908. The number of para-hydroxylation sites is 1. The number of nitrogens with one attached hydrogen (secondary N) is 1. The number of ether oxygens (including phenoxy) is 1. The molecule has 5 heteroatoms. The Morgan fingerprint density at radius 1 is 1.50 bits per heavy atom. The summed E-state index contributed by atoms with van der Waals surface area (Å²) in [5, 5.41) is 3.46. The van der Waals surface area contributed by atoms with Gasteiger partial charge in [-0.25, -0.2) is 0 Å². The second-order valence-corrected chi connectivity index (χ2v) is 5.13. The summed E-state index contributed by atoms with van der Waals surface area (Å²) in [4.78, 5) is 16.1. The number of aliphatic imine (C=N–C) groups is 1. The van der Waals surface area contributed by atoms with Gasteiger partial charge < -0.3 is 10.1 Å². The van der Waals surface area contributed by atoms with Crippen molar-refractivity contribution in [2.24, 2.45) is 4.99 Å². The van der Waals surface area contributed by atoms with E-state index in [9.17, 15) is 4.79 Å². The summed E-state index contributed by atoms with van der Waals surface area (Å²) >= 11 is 1.56. The molecule has 1 N–H and O–H groups in total. The summed E-state index contributed by atoms with van der Waals surface area (Å²) in [5.74, 6) is 1.51. The van der Waals surface area contributed by atoms with Crippen molar-refractivity contribution in [2.45, 2.75) is 20.0 Å². The van der Waals surface area contributed by atoms with Gasteiger partial charge in [0.25, 0.3) is 5.91 Å². The van der Waals surface area contributed by atoms with E-state index in [1.165, 1.54) is 0 Å². The fourth-order valence-corrected chi connectivity index (χ4v) is 2.28. The molecule has 0 bridgehead atoms. The lowest BCUT2D eigenvalue weighted by Gasteiger charge is -2.15. The van der Waals surface area contributed by atoms with Crippen molar-refractivity contribution in [3.63, 3.8) is 0 Å². The van der Waals surface area contributed by atoms with Crippen molar-refractivity contribution in [1.82, 2.24) is 5.32 Å². The van der Waals surface area contributed by atoms with Gasteiger partial charge in [-0.15, -0.1) is 0 Å². The van der Waals surface area contributed by atoms with Gasteiger partial charge in [-0.3, -0.25) is 9.79 Å². The Labute approximate surface area is 111 Å². The van der Waals surface area contributed by atoms with Crippen LogP contribution in [0.15, 0.2) is 29.3 Å². The van der Waals surface area contributed by atoms with Crippen LogP contribution in [0.2, 0.25) is 0 Å². The summed E-state index contributed by atoms with van der Waals surface area (Å²) in [5.41, 5.74) is 1.02. The molecule has 4 nitrogen and oxygen atoms in total. The molecule has 1 aliphatic rings. The molecule has 0 spiro atoms. The molecule has 1 aliphatic heterocycles. The second-order valence-electron chi connectivity index (χ2n) is 4.05.